The summed E-state index contributed by atoms with van der Waals surface area (Å²) in [6.07, 6.45) is 2.30. The van der Waals surface area contributed by atoms with E-state index in [0.29, 0.717) is 12.0 Å². The van der Waals surface area contributed by atoms with Gasteiger partial charge in [-0.1, -0.05) is 34.1 Å². The fourth-order valence-electron chi connectivity index (χ4n) is 2.97. The largest absolute Gasteiger partial charge is 0.312 e. The zero-order chi connectivity index (χ0) is 11.4. The van der Waals surface area contributed by atoms with E-state index in [1.54, 1.807) is 0 Å². The van der Waals surface area contributed by atoms with Gasteiger partial charge in [0, 0.05) is 12.6 Å². The van der Waals surface area contributed by atoms with Gasteiger partial charge >= 0.3 is 0 Å². The van der Waals surface area contributed by atoms with Crippen molar-refractivity contribution >= 4 is 0 Å². The minimum Gasteiger partial charge on any atom is -0.312 e. The Hall–Kier alpha value is -0.550. The van der Waals surface area contributed by atoms with Crippen molar-refractivity contribution in [1.82, 2.24) is 5.32 Å². The summed E-state index contributed by atoms with van der Waals surface area (Å²) in [7, 11) is 0. The Morgan fingerprint density at radius 3 is 2.53 bits per heavy atom. The topological polar surface area (TPSA) is 35.8 Å². The van der Waals surface area contributed by atoms with Crippen LogP contribution >= 0.6 is 0 Å². The second kappa shape index (κ2) is 5.51. The smallest absolute Gasteiger partial charge is 0.0669 e. The third-order valence-corrected chi connectivity index (χ3v) is 3.84. The van der Waals surface area contributed by atoms with Crippen molar-refractivity contribution in [2.75, 3.05) is 6.54 Å². The first-order chi connectivity index (χ1) is 7.10. The van der Waals surface area contributed by atoms with Gasteiger partial charge in [0.15, 0.2) is 0 Å². The Bertz CT molecular complexity index is 229. The van der Waals surface area contributed by atoms with E-state index in [4.69, 9.17) is 5.26 Å². The Balaban J connectivity index is 2.60. The van der Waals surface area contributed by atoms with Crippen LogP contribution in [0.4, 0.5) is 0 Å². The lowest BCUT2D eigenvalue weighted by molar-refractivity contribution is 0.160. The molecular weight excluding hydrogens is 184 g/mol. The maximum atomic E-state index is 8.91. The molecule has 86 valence electrons. The van der Waals surface area contributed by atoms with Gasteiger partial charge in [-0.05, 0) is 24.2 Å². The molecule has 0 amide bonds. The van der Waals surface area contributed by atoms with Gasteiger partial charge < -0.3 is 5.32 Å². The second-order valence-electron chi connectivity index (χ2n) is 5.29. The van der Waals surface area contributed by atoms with Crippen LogP contribution in [0.2, 0.25) is 0 Å². The maximum Gasteiger partial charge on any atom is 0.0669 e. The number of nitrogens with zero attached hydrogens (tertiary/aromatic N) is 1. The van der Waals surface area contributed by atoms with Crippen LogP contribution in [-0.4, -0.2) is 12.6 Å². The van der Waals surface area contributed by atoms with Crippen LogP contribution in [0.3, 0.4) is 0 Å². The average Bonchev–Trinajstić information content (AvgIpc) is 2.20. The van der Waals surface area contributed by atoms with Gasteiger partial charge in [-0.25, -0.2) is 0 Å². The quantitative estimate of drug-likeness (QED) is 0.774. The standard InChI is InChI=1S/C13H24N2/c1-5-12(9(2)3)13-10(4)6-11(7-14)8-15-13/h9-13,15H,5-6,8H2,1-4H3. The van der Waals surface area contributed by atoms with Crippen molar-refractivity contribution < 1.29 is 0 Å². The number of piperidine rings is 1. The molecule has 1 saturated heterocycles. The second-order valence-corrected chi connectivity index (χ2v) is 5.29. The van der Waals surface area contributed by atoms with Crippen molar-refractivity contribution in [2.45, 2.75) is 46.6 Å². The predicted octanol–water partition coefficient (Wildman–Crippen LogP) is 2.81. The fourth-order valence-corrected chi connectivity index (χ4v) is 2.97. The highest BCUT2D eigenvalue weighted by Gasteiger charge is 2.32. The zero-order valence-electron chi connectivity index (χ0n) is 10.5. The van der Waals surface area contributed by atoms with E-state index in [1.807, 2.05) is 0 Å². The molecule has 1 rings (SSSR count). The summed E-state index contributed by atoms with van der Waals surface area (Å²) in [5, 5.41) is 12.5. The lowest BCUT2D eigenvalue weighted by Crippen LogP contribution is -2.49. The maximum absolute atomic E-state index is 8.91. The summed E-state index contributed by atoms with van der Waals surface area (Å²) >= 11 is 0. The first-order valence-electron chi connectivity index (χ1n) is 6.23. The van der Waals surface area contributed by atoms with Crippen LogP contribution in [-0.2, 0) is 0 Å². The summed E-state index contributed by atoms with van der Waals surface area (Å²) in [6.45, 7) is 10.0. The van der Waals surface area contributed by atoms with Crippen LogP contribution in [0.1, 0.15) is 40.5 Å². The van der Waals surface area contributed by atoms with E-state index in [9.17, 15) is 0 Å². The zero-order valence-corrected chi connectivity index (χ0v) is 10.5. The highest BCUT2D eigenvalue weighted by atomic mass is 14.9. The fraction of sp³-hybridized carbons (Fsp3) is 0.923. The first kappa shape index (κ1) is 12.5. The van der Waals surface area contributed by atoms with Gasteiger partial charge in [0.05, 0.1) is 12.0 Å². The number of rotatable bonds is 3. The number of nitrogens with one attached hydrogen (secondary N) is 1. The number of hydrogen-bond donors (Lipinski definition) is 1. The average molecular weight is 208 g/mol. The summed E-state index contributed by atoms with van der Waals surface area (Å²) in [4.78, 5) is 0. The van der Waals surface area contributed by atoms with E-state index in [2.05, 4.69) is 39.1 Å². The minimum atomic E-state index is 0.223. The van der Waals surface area contributed by atoms with E-state index >= 15 is 0 Å². The van der Waals surface area contributed by atoms with Crippen molar-refractivity contribution in [3.05, 3.63) is 0 Å². The Labute approximate surface area is 94.1 Å². The van der Waals surface area contributed by atoms with Gasteiger partial charge in [0.2, 0.25) is 0 Å². The Morgan fingerprint density at radius 2 is 2.13 bits per heavy atom. The molecule has 0 aliphatic carbocycles. The molecule has 0 aromatic carbocycles. The van der Waals surface area contributed by atoms with Gasteiger partial charge in [0.25, 0.3) is 0 Å². The van der Waals surface area contributed by atoms with Crippen LogP contribution in [0.15, 0.2) is 0 Å². The lowest BCUT2D eigenvalue weighted by atomic mass is 9.75. The van der Waals surface area contributed by atoms with Crippen molar-refractivity contribution in [3.63, 3.8) is 0 Å². The van der Waals surface area contributed by atoms with Gasteiger partial charge in [-0.2, -0.15) is 5.26 Å². The Kier molecular flexibility index (Phi) is 4.60. The van der Waals surface area contributed by atoms with Crippen LogP contribution in [0.5, 0.6) is 0 Å². The number of hydrogen-bond acceptors (Lipinski definition) is 2. The summed E-state index contributed by atoms with van der Waals surface area (Å²) < 4.78 is 0. The highest BCUT2D eigenvalue weighted by Crippen LogP contribution is 2.30. The van der Waals surface area contributed by atoms with Gasteiger partial charge in [0.1, 0.15) is 0 Å². The third kappa shape index (κ3) is 2.95. The van der Waals surface area contributed by atoms with Gasteiger partial charge in [-0.3, -0.25) is 0 Å². The predicted molar refractivity (Wildman–Crippen MR) is 63.3 cm³/mol. The number of nitriles is 1. The first-order valence-corrected chi connectivity index (χ1v) is 6.23. The van der Waals surface area contributed by atoms with Crippen LogP contribution in [0.25, 0.3) is 0 Å². The molecule has 0 bridgehead atoms. The normalized spacial score (nSPS) is 33.7. The molecule has 0 spiro atoms. The monoisotopic (exact) mass is 208 g/mol. The molecule has 0 aromatic heterocycles. The molecule has 4 unspecified atom stereocenters. The van der Waals surface area contributed by atoms with E-state index in [-0.39, 0.29) is 5.92 Å². The highest BCUT2D eigenvalue weighted by molar-refractivity contribution is 4.95. The van der Waals surface area contributed by atoms with E-state index in [1.165, 1.54) is 6.42 Å². The molecular formula is C13H24N2. The minimum absolute atomic E-state index is 0.223. The molecule has 0 aromatic rings. The molecule has 4 atom stereocenters. The molecule has 2 heteroatoms. The molecule has 2 nitrogen and oxygen atoms in total. The van der Waals surface area contributed by atoms with Crippen LogP contribution < -0.4 is 5.32 Å². The van der Waals surface area contributed by atoms with Crippen molar-refractivity contribution in [3.8, 4) is 6.07 Å². The van der Waals surface area contributed by atoms with Crippen LogP contribution in [0, 0.1) is 35.0 Å². The summed E-state index contributed by atoms with van der Waals surface area (Å²) in [5.41, 5.74) is 0. The molecule has 15 heavy (non-hydrogen) atoms. The molecule has 1 aliphatic heterocycles. The van der Waals surface area contributed by atoms with E-state index in [0.717, 1.165) is 24.8 Å². The van der Waals surface area contributed by atoms with Crippen molar-refractivity contribution in [2.24, 2.45) is 23.7 Å². The summed E-state index contributed by atoms with van der Waals surface area (Å²) in [6, 6.07) is 2.99. The lowest BCUT2D eigenvalue weighted by Gasteiger charge is -2.39. The Morgan fingerprint density at radius 1 is 1.47 bits per heavy atom. The SMILES string of the molecule is CCC(C(C)C)C1NCC(C#N)CC1C. The molecule has 1 aliphatic rings. The summed E-state index contributed by atoms with van der Waals surface area (Å²) in [5.74, 6) is 2.34. The molecule has 1 heterocycles. The molecule has 0 radical (unpaired) electrons. The molecule has 1 N–H and O–H groups in total. The van der Waals surface area contributed by atoms with E-state index < -0.39 is 0 Å². The van der Waals surface area contributed by atoms with Gasteiger partial charge in [-0.15, -0.1) is 0 Å². The molecule has 0 saturated carbocycles. The molecule has 1 fully saturated rings. The third-order valence-electron chi connectivity index (χ3n) is 3.84. The van der Waals surface area contributed by atoms with Crippen molar-refractivity contribution in [1.29, 1.82) is 5.26 Å².